The highest BCUT2D eigenvalue weighted by Gasteiger charge is 1.98. The Hall–Kier alpha value is -1.50. The van der Waals surface area contributed by atoms with Crippen molar-refractivity contribution in [1.82, 2.24) is 15.2 Å². The largest absolute Gasteiger partial charge is 0.356 e. The summed E-state index contributed by atoms with van der Waals surface area (Å²) < 4.78 is 2.15. The second kappa shape index (κ2) is 10.3. The van der Waals surface area contributed by atoms with Gasteiger partial charge in [0.2, 0.25) is 0 Å². The zero-order valence-electron chi connectivity index (χ0n) is 13.2. The van der Waals surface area contributed by atoms with Crippen LogP contribution in [-0.4, -0.2) is 30.7 Å². The van der Waals surface area contributed by atoms with Crippen LogP contribution in [0.4, 0.5) is 0 Å². The van der Waals surface area contributed by atoms with Crippen LogP contribution in [0.3, 0.4) is 0 Å². The van der Waals surface area contributed by atoms with E-state index in [1.807, 2.05) is 12.1 Å². The van der Waals surface area contributed by atoms with Crippen molar-refractivity contribution >= 4 is 29.9 Å². The molecule has 1 heterocycles. The quantitative estimate of drug-likeness (QED) is 0.435. The minimum Gasteiger partial charge on any atom is -0.356 e. The predicted octanol–water partition coefficient (Wildman–Crippen LogP) is 2.82. The normalized spacial score (nSPS) is 10.9. The number of nitrogens with one attached hydrogen (secondary N) is 2. The number of hydrogen-bond acceptors (Lipinski definition) is 1. The molecule has 0 unspecified atom stereocenters. The number of benzene rings is 1. The number of hydrogen-bond donors (Lipinski definition) is 2. The Bertz CT molecular complexity index is 547. The van der Waals surface area contributed by atoms with E-state index in [1.165, 1.54) is 11.1 Å². The number of rotatable bonds is 6. The van der Waals surface area contributed by atoms with Crippen LogP contribution in [0.1, 0.15) is 11.1 Å². The Morgan fingerprint density at radius 1 is 1.05 bits per heavy atom. The van der Waals surface area contributed by atoms with Crippen LogP contribution in [0.25, 0.3) is 0 Å². The minimum atomic E-state index is 0. The van der Waals surface area contributed by atoms with Gasteiger partial charge >= 0.3 is 0 Å². The summed E-state index contributed by atoms with van der Waals surface area (Å²) in [5, 5.41) is 6.66. The average Bonchev–Trinajstić information content (AvgIpc) is 3.01. The third-order valence-electron chi connectivity index (χ3n) is 3.38. The van der Waals surface area contributed by atoms with E-state index < -0.39 is 0 Å². The molecule has 5 heteroatoms. The number of guanidine groups is 1. The van der Waals surface area contributed by atoms with Crippen LogP contribution in [0, 0.1) is 6.92 Å². The highest BCUT2D eigenvalue weighted by Crippen LogP contribution is 2.02. The van der Waals surface area contributed by atoms with Gasteiger partial charge in [-0.05, 0) is 31.0 Å². The molecule has 120 valence electrons. The lowest BCUT2D eigenvalue weighted by atomic mass is 10.1. The second-order valence-corrected chi connectivity index (χ2v) is 5.08. The first-order valence-corrected chi connectivity index (χ1v) is 7.39. The molecule has 4 nitrogen and oxygen atoms in total. The van der Waals surface area contributed by atoms with Gasteiger partial charge in [-0.1, -0.05) is 29.8 Å². The molecule has 2 aromatic rings. The maximum Gasteiger partial charge on any atom is 0.191 e. The SMILES string of the molecule is CN=C(NCCc1ccc(C)cc1)NCCn1cccc1.I. The van der Waals surface area contributed by atoms with E-state index in [9.17, 15) is 0 Å². The first-order valence-electron chi connectivity index (χ1n) is 7.39. The van der Waals surface area contributed by atoms with Gasteiger partial charge in [-0.2, -0.15) is 0 Å². The summed E-state index contributed by atoms with van der Waals surface area (Å²) in [7, 11) is 1.80. The Morgan fingerprint density at radius 2 is 1.68 bits per heavy atom. The van der Waals surface area contributed by atoms with E-state index in [-0.39, 0.29) is 24.0 Å². The van der Waals surface area contributed by atoms with Crippen molar-refractivity contribution in [2.45, 2.75) is 19.9 Å². The number of aliphatic imine (C=N–C) groups is 1. The smallest absolute Gasteiger partial charge is 0.191 e. The fourth-order valence-corrected chi connectivity index (χ4v) is 2.12. The maximum atomic E-state index is 4.24. The van der Waals surface area contributed by atoms with Gasteiger partial charge < -0.3 is 15.2 Å². The number of aromatic nitrogens is 1. The highest BCUT2D eigenvalue weighted by molar-refractivity contribution is 14.0. The van der Waals surface area contributed by atoms with Crippen molar-refractivity contribution in [3.8, 4) is 0 Å². The summed E-state index contributed by atoms with van der Waals surface area (Å²) in [6.45, 7) is 4.79. The summed E-state index contributed by atoms with van der Waals surface area (Å²) >= 11 is 0. The lowest BCUT2D eigenvalue weighted by molar-refractivity contribution is 0.665. The molecule has 0 atom stereocenters. The molecular weight excluding hydrogens is 387 g/mol. The molecule has 0 aliphatic heterocycles. The fraction of sp³-hybridized carbons (Fsp3) is 0.353. The minimum absolute atomic E-state index is 0. The molecule has 0 spiro atoms. The highest BCUT2D eigenvalue weighted by atomic mass is 127. The zero-order chi connectivity index (χ0) is 14.9. The molecular formula is C17H25IN4. The van der Waals surface area contributed by atoms with Crippen molar-refractivity contribution in [2.24, 2.45) is 4.99 Å². The topological polar surface area (TPSA) is 41.4 Å². The van der Waals surface area contributed by atoms with E-state index in [4.69, 9.17) is 0 Å². The Morgan fingerprint density at radius 3 is 2.32 bits per heavy atom. The Kier molecular flexibility index (Phi) is 8.65. The van der Waals surface area contributed by atoms with Gasteiger partial charge in [-0.25, -0.2) is 0 Å². The molecule has 0 saturated carbocycles. The second-order valence-electron chi connectivity index (χ2n) is 5.08. The van der Waals surface area contributed by atoms with Crippen LogP contribution < -0.4 is 10.6 Å². The lowest BCUT2D eigenvalue weighted by Gasteiger charge is -2.12. The van der Waals surface area contributed by atoms with Crippen LogP contribution in [-0.2, 0) is 13.0 Å². The van der Waals surface area contributed by atoms with E-state index >= 15 is 0 Å². The van der Waals surface area contributed by atoms with Gasteiger partial charge in [0, 0.05) is 39.1 Å². The first kappa shape index (κ1) is 18.5. The van der Waals surface area contributed by atoms with Crippen molar-refractivity contribution in [2.75, 3.05) is 20.1 Å². The van der Waals surface area contributed by atoms with Gasteiger partial charge in [0.1, 0.15) is 0 Å². The Labute approximate surface area is 150 Å². The van der Waals surface area contributed by atoms with Gasteiger partial charge in [-0.3, -0.25) is 4.99 Å². The van der Waals surface area contributed by atoms with Crippen molar-refractivity contribution in [3.05, 3.63) is 59.9 Å². The summed E-state index contributed by atoms with van der Waals surface area (Å²) in [6.07, 6.45) is 5.13. The molecule has 1 aromatic heterocycles. The average molecular weight is 412 g/mol. The maximum absolute atomic E-state index is 4.24. The number of aryl methyl sites for hydroxylation is 1. The molecule has 0 bridgehead atoms. The molecule has 0 amide bonds. The third-order valence-corrected chi connectivity index (χ3v) is 3.38. The van der Waals surface area contributed by atoms with Crippen molar-refractivity contribution in [1.29, 1.82) is 0 Å². The molecule has 0 aliphatic carbocycles. The van der Waals surface area contributed by atoms with Gasteiger partial charge in [-0.15, -0.1) is 24.0 Å². The fourth-order valence-electron chi connectivity index (χ4n) is 2.12. The van der Waals surface area contributed by atoms with Crippen LogP contribution >= 0.6 is 24.0 Å². The van der Waals surface area contributed by atoms with E-state index in [0.29, 0.717) is 0 Å². The summed E-state index contributed by atoms with van der Waals surface area (Å²) in [4.78, 5) is 4.24. The van der Waals surface area contributed by atoms with Crippen molar-refractivity contribution < 1.29 is 0 Å². The van der Waals surface area contributed by atoms with Gasteiger partial charge in [0.15, 0.2) is 5.96 Å². The Balaban J connectivity index is 0.00000242. The molecule has 0 radical (unpaired) electrons. The van der Waals surface area contributed by atoms with E-state index in [2.05, 4.69) is 63.8 Å². The van der Waals surface area contributed by atoms with Gasteiger partial charge in [0.25, 0.3) is 0 Å². The van der Waals surface area contributed by atoms with Crippen LogP contribution in [0.15, 0.2) is 53.8 Å². The molecule has 22 heavy (non-hydrogen) atoms. The third kappa shape index (κ3) is 6.51. The molecule has 0 aliphatic rings. The van der Waals surface area contributed by atoms with Gasteiger partial charge in [0.05, 0.1) is 0 Å². The van der Waals surface area contributed by atoms with E-state index in [0.717, 1.165) is 32.0 Å². The number of nitrogens with zero attached hydrogens (tertiary/aromatic N) is 2. The molecule has 2 N–H and O–H groups in total. The molecule has 0 saturated heterocycles. The lowest BCUT2D eigenvalue weighted by Crippen LogP contribution is -2.39. The molecule has 2 rings (SSSR count). The van der Waals surface area contributed by atoms with Crippen LogP contribution in [0.5, 0.6) is 0 Å². The summed E-state index contributed by atoms with van der Waals surface area (Å²) in [6, 6.07) is 12.7. The zero-order valence-corrected chi connectivity index (χ0v) is 15.6. The summed E-state index contributed by atoms with van der Waals surface area (Å²) in [5.74, 6) is 0.856. The van der Waals surface area contributed by atoms with E-state index in [1.54, 1.807) is 7.05 Å². The van der Waals surface area contributed by atoms with Crippen LogP contribution in [0.2, 0.25) is 0 Å². The number of halogens is 1. The monoisotopic (exact) mass is 412 g/mol. The predicted molar refractivity (Wildman–Crippen MR) is 104 cm³/mol. The first-order chi connectivity index (χ1) is 10.3. The van der Waals surface area contributed by atoms with Crippen molar-refractivity contribution in [3.63, 3.8) is 0 Å². The summed E-state index contributed by atoms with van der Waals surface area (Å²) in [5.41, 5.74) is 2.64. The molecule has 1 aromatic carbocycles. The standard InChI is InChI=1S/C17H24N4.HI/c1-15-5-7-16(8-6-15)9-10-19-17(18-2)20-11-14-21-12-3-4-13-21;/h3-8,12-13H,9-11,14H2,1-2H3,(H2,18,19,20);1H. The molecule has 0 fully saturated rings.